The van der Waals surface area contributed by atoms with Gasteiger partial charge < -0.3 is 24.8 Å². The molecular formula is C18H18ClN5O3. The Labute approximate surface area is 161 Å². The first-order valence-corrected chi connectivity index (χ1v) is 8.30. The van der Waals surface area contributed by atoms with Crippen LogP contribution in [0.3, 0.4) is 0 Å². The van der Waals surface area contributed by atoms with Gasteiger partial charge in [-0.25, -0.2) is 0 Å². The highest BCUT2D eigenvalue weighted by atomic mass is 35.5. The van der Waals surface area contributed by atoms with Crippen LogP contribution in [-0.4, -0.2) is 36.5 Å². The molecule has 0 aliphatic carbocycles. The average Bonchev–Trinajstić information content (AvgIpc) is 2.69. The molecule has 1 heterocycles. The van der Waals surface area contributed by atoms with Gasteiger partial charge in [-0.2, -0.15) is 10.1 Å². The third-order valence-electron chi connectivity index (χ3n) is 3.64. The lowest BCUT2D eigenvalue weighted by molar-refractivity contribution is 0.395. The highest BCUT2D eigenvalue weighted by molar-refractivity contribution is 6.31. The molecule has 0 spiro atoms. The van der Waals surface area contributed by atoms with Crippen molar-refractivity contribution in [2.75, 3.05) is 32.0 Å². The van der Waals surface area contributed by atoms with Crippen molar-refractivity contribution in [1.29, 1.82) is 0 Å². The van der Waals surface area contributed by atoms with Crippen molar-refractivity contribution in [3.63, 3.8) is 0 Å². The number of nitrogens with one attached hydrogen (secondary N) is 2. The van der Waals surface area contributed by atoms with Crippen LogP contribution in [0, 0.1) is 0 Å². The molecular weight excluding hydrogens is 370 g/mol. The van der Waals surface area contributed by atoms with Crippen molar-refractivity contribution in [3.05, 3.63) is 47.6 Å². The molecule has 27 heavy (non-hydrogen) atoms. The Bertz CT molecular complexity index is 939. The van der Waals surface area contributed by atoms with Crippen LogP contribution in [0.4, 0.5) is 23.1 Å². The molecule has 0 aliphatic heterocycles. The molecule has 3 rings (SSSR count). The molecule has 3 aromatic rings. The summed E-state index contributed by atoms with van der Waals surface area (Å²) in [5, 5.41) is 14.7. The highest BCUT2D eigenvalue weighted by Crippen LogP contribution is 2.32. The predicted octanol–water partition coefficient (Wildman–Crippen LogP) is 4.04. The maximum Gasteiger partial charge on any atom is 0.249 e. The number of ether oxygens (including phenoxy) is 3. The first kappa shape index (κ1) is 18.5. The molecule has 2 aromatic carbocycles. The van der Waals surface area contributed by atoms with Gasteiger partial charge in [-0.1, -0.05) is 11.6 Å². The third-order valence-corrected chi connectivity index (χ3v) is 3.87. The number of nitrogens with zero attached hydrogens (tertiary/aromatic N) is 3. The molecule has 0 fully saturated rings. The van der Waals surface area contributed by atoms with Gasteiger partial charge in [0.15, 0.2) is 5.82 Å². The molecule has 140 valence electrons. The Morgan fingerprint density at radius 1 is 0.852 bits per heavy atom. The number of hydrogen-bond acceptors (Lipinski definition) is 8. The number of halogens is 1. The van der Waals surface area contributed by atoms with Crippen LogP contribution in [0.1, 0.15) is 0 Å². The van der Waals surface area contributed by atoms with Crippen molar-refractivity contribution < 1.29 is 14.2 Å². The number of rotatable bonds is 7. The molecule has 0 amide bonds. The van der Waals surface area contributed by atoms with Gasteiger partial charge >= 0.3 is 0 Å². The van der Waals surface area contributed by atoms with Crippen molar-refractivity contribution in [3.8, 4) is 17.2 Å². The van der Waals surface area contributed by atoms with E-state index < -0.39 is 0 Å². The molecule has 0 bridgehead atoms. The topological polar surface area (TPSA) is 90.4 Å². The summed E-state index contributed by atoms with van der Waals surface area (Å²) < 4.78 is 15.9. The summed E-state index contributed by atoms with van der Waals surface area (Å²) >= 11 is 6.06. The van der Waals surface area contributed by atoms with E-state index in [1.165, 1.54) is 6.20 Å². The summed E-state index contributed by atoms with van der Waals surface area (Å²) in [5.74, 6) is 2.67. The summed E-state index contributed by atoms with van der Waals surface area (Å²) in [6.07, 6.45) is 1.50. The quantitative estimate of drug-likeness (QED) is 0.627. The fourth-order valence-electron chi connectivity index (χ4n) is 2.35. The Balaban J connectivity index is 1.83. The SMILES string of the molecule is COc1ccc(Nc2nncc(Nc3cc(Cl)ccc3OC)n2)c(OC)c1. The Hall–Kier alpha value is -3.26. The van der Waals surface area contributed by atoms with E-state index in [-0.39, 0.29) is 0 Å². The minimum atomic E-state index is 0.296. The monoisotopic (exact) mass is 387 g/mol. The lowest BCUT2D eigenvalue weighted by Crippen LogP contribution is -2.04. The molecule has 1 aromatic heterocycles. The molecule has 0 atom stereocenters. The second-order valence-electron chi connectivity index (χ2n) is 5.33. The van der Waals surface area contributed by atoms with Crippen molar-refractivity contribution >= 4 is 34.7 Å². The lowest BCUT2D eigenvalue weighted by atomic mass is 10.2. The maximum absolute atomic E-state index is 6.06. The summed E-state index contributed by atoms with van der Waals surface area (Å²) in [4.78, 5) is 4.41. The first-order chi connectivity index (χ1) is 13.1. The Morgan fingerprint density at radius 2 is 1.67 bits per heavy atom. The van der Waals surface area contributed by atoms with Crippen LogP contribution >= 0.6 is 11.6 Å². The van der Waals surface area contributed by atoms with Gasteiger partial charge in [-0.15, -0.1) is 5.10 Å². The molecule has 0 radical (unpaired) electrons. The zero-order valence-corrected chi connectivity index (χ0v) is 15.7. The average molecular weight is 388 g/mol. The Morgan fingerprint density at radius 3 is 2.41 bits per heavy atom. The number of aromatic nitrogens is 3. The van der Waals surface area contributed by atoms with E-state index in [0.29, 0.717) is 45.4 Å². The van der Waals surface area contributed by atoms with E-state index in [9.17, 15) is 0 Å². The fraction of sp³-hybridized carbons (Fsp3) is 0.167. The third kappa shape index (κ3) is 4.48. The smallest absolute Gasteiger partial charge is 0.249 e. The van der Waals surface area contributed by atoms with E-state index >= 15 is 0 Å². The van der Waals surface area contributed by atoms with Crippen LogP contribution in [0.5, 0.6) is 17.2 Å². The van der Waals surface area contributed by atoms with Crippen LogP contribution < -0.4 is 24.8 Å². The van der Waals surface area contributed by atoms with Crippen LogP contribution in [-0.2, 0) is 0 Å². The van der Waals surface area contributed by atoms with Gasteiger partial charge in [-0.05, 0) is 30.3 Å². The van der Waals surface area contributed by atoms with Crippen molar-refractivity contribution in [1.82, 2.24) is 15.2 Å². The second kappa shape index (κ2) is 8.41. The van der Waals surface area contributed by atoms with Crippen LogP contribution in [0.25, 0.3) is 0 Å². The minimum Gasteiger partial charge on any atom is -0.497 e. The molecule has 0 aliphatic rings. The summed E-state index contributed by atoms with van der Waals surface area (Å²) in [7, 11) is 4.74. The lowest BCUT2D eigenvalue weighted by Gasteiger charge is -2.13. The van der Waals surface area contributed by atoms with E-state index in [2.05, 4.69) is 25.8 Å². The standard InChI is InChI=1S/C18H18ClN5O3/c1-25-12-5-6-13(16(9-12)27-3)22-18-23-17(10-20-24-18)21-14-8-11(19)4-7-15(14)26-2/h4-10H,1-3H3,(H2,21,22,23,24). The molecule has 8 nitrogen and oxygen atoms in total. The van der Waals surface area contributed by atoms with E-state index in [0.717, 1.165) is 0 Å². The summed E-state index contributed by atoms with van der Waals surface area (Å²) in [5.41, 5.74) is 1.34. The van der Waals surface area contributed by atoms with Gasteiger partial charge in [0, 0.05) is 11.1 Å². The summed E-state index contributed by atoms with van der Waals surface area (Å²) in [6.45, 7) is 0. The predicted molar refractivity (Wildman–Crippen MR) is 104 cm³/mol. The first-order valence-electron chi connectivity index (χ1n) is 7.92. The number of hydrogen-bond donors (Lipinski definition) is 2. The second-order valence-corrected chi connectivity index (χ2v) is 5.76. The van der Waals surface area contributed by atoms with Gasteiger partial charge in [0.25, 0.3) is 0 Å². The number of anilines is 4. The zero-order valence-electron chi connectivity index (χ0n) is 15.0. The zero-order chi connectivity index (χ0) is 19.2. The largest absolute Gasteiger partial charge is 0.497 e. The van der Waals surface area contributed by atoms with Crippen molar-refractivity contribution in [2.24, 2.45) is 0 Å². The maximum atomic E-state index is 6.06. The molecule has 0 unspecified atom stereocenters. The molecule has 0 saturated carbocycles. The van der Waals surface area contributed by atoms with E-state index in [1.807, 2.05) is 0 Å². The fourth-order valence-corrected chi connectivity index (χ4v) is 2.53. The van der Waals surface area contributed by atoms with E-state index in [1.54, 1.807) is 57.7 Å². The normalized spacial score (nSPS) is 10.2. The highest BCUT2D eigenvalue weighted by Gasteiger charge is 2.10. The van der Waals surface area contributed by atoms with Crippen molar-refractivity contribution in [2.45, 2.75) is 0 Å². The van der Waals surface area contributed by atoms with Gasteiger partial charge in [0.1, 0.15) is 17.2 Å². The van der Waals surface area contributed by atoms with Gasteiger partial charge in [0.2, 0.25) is 5.95 Å². The summed E-state index contributed by atoms with van der Waals surface area (Å²) in [6, 6.07) is 10.6. The molecule has 2 N–H and O–H groups in total. The van der Waals surface area contributed by atoms with Gasteiger partial charge in [0.05, 0.1) is 38.9 Å². The number of methoxy groups -OCH3 is 3. The molecule has 9 heteroatoms. The Kier molecular flexibility index (Phi) is 5.77. The van der Waals surface area contributed by atoms with Crippen LogP contribution in [0.2, 0.25) is 5.02 Å². The molecule has 0 saturated heterocycles. The van der Waals surface area contributed by atoms with Gasteiger partial charge in [-0.3, -0.25) is 0 Å². The van der Waals surface area contributed by atoms with Crippen LogP contribution in [0.15, 0.2) is 42.6 Å². The minimum absolute atomic E-state index is 0.296. The number of benzene rings is 2. The van der Waals surface area contributed by atoms with E-state index in [4.69, 9.17) is 25.8 Å².